The summed E-state index contributed by atoms with van der Waals surface area (Å²) in [6, 6.07) is 11.4. The van der Waals surface area contributed by atoms with Crippen LogP contribution < -0.4 is 4.74 Å². The Balaban J connectivity index is 1.97. The third-order valence-corrected chi connectivity index (χ3v) is 5.10. The van der Waals surface area contributed by atoms with Crippen LogP contribution >= 0.6 is 31.9 Å². The van der Waals surface area contributed by atoms with Crippen LogP contribution in [0.4, 0.5) is 4.39 Å². The highest BCUT2D eigenvalue weighted by Gasteiger charge is 2.22. The van der Waals surface area contributed by atoms with Crippen molar-refractivity contribution in [3.8, 4) is 5.75 Å². The van der Waals surface area contributed by atoms with Crippen molar-refractivity contribution in [2.75, 3.05) is 0 Å². The van der Waals surface area contributed by atoms with E-state index < -0.39 is 0 Å². The molecule has 0 aliphatic carbocycles. The average Bonchev–Trinajstić information content (AvgIpc) is 2.80. The average molecular weight is 400 g/mol. The number of fused-ring (bicyclic) bond motifs is 1. The summed E-state index contributed by atoms with van der Waals surface area (Å²) in [7, 11) is 0. The lowest BCUT2D eigenvalue weighted by molar-refractivity contribution is 0.254. The third-order valence-electron chi connectivity index (χ3n) is 3.47. The van der Waals surface area contributed by atoms with Gasteiger partial charge in [0.05, 0.1) is 9.30 Å². The van der Waals surface area contributed by atoms with E-state index in [-0.39, 0.29) is 16.7 Å². The first-order chi connectivity index (χ1) is 9.56. The highest BCUT2D eigenvalue weighted by Crippen LogP contribution is 2.38. The molecular weight excluding hydrogens is 387 g/mol. The van der Waals surface area contributed by atoms with Crippen molar-refractivity contribution >= 4 is 31.9 Å². The molecule has 1 heterocycles. The van der Waals surface area contributed by atoms with E-state index in [1.165, 1.54) is 5.56 Å². The zero-order valence-corrected chi connectivity index (χ0v) is 14.0. The van der Waals surface area contributed by atoms with Gasteiger partial charge in [0.2, 0.25) is 0 Å². The number of halogens is 3. The summed E-state index contributed by atoms with van der Waals surface area (Å²) < 4.78 is 20.3. The minimum Gasteiger partial charge on any atom is -0.490 e. The summed E-state index contributed by atoms with van der Waals surface area (Å²) in [6.07, 6.45) is 1.13. The Morgan fingerprint density at radius 3 is 2.90 bits per heavy atom. The van der Waals surface area contributed by atoms with Crippen LogP contribution in [0, 0.1) is 5.82 Å². The summed E-state index contributed by atoms with van der Waals surface area (Å²) in [5, 5.41) is 0. The molecule has 0 bridgehead atoms. The van der Waals surface area contributed by atoms with Gasteiger partial charge in [-0.25, -0.2) is 4.39 Å². The van der Waals surface area contributed by atoms with E-state index >= 15 is 0 Å². The van der Waals surface area contributed by atoms with Crippen molar-refractivity contribution in [3.05, 3.63) is 63.4 Å². The molecular formula is C16H13Br2FO. The van der Waals surface area contributed by atoms with Gasteiger partial charge in [0.15, 0.2) is 0 Å². The molecule has 0 aromatic heterocycles. The molecule has 0 amide bonds. The predicted molar refractivity (Wildman–Crippen MR) is 85.1 cm³/mol. The van der Waals surface area contributed by atoms with Gasteiger partial charge in [0, 0.05) is 12.0 Å². The zero-order valence-electron chi connectivity index (χ0n) is 10.9. The first kappa shape index (κ1) is 14.1. The fourth-order valence-corrected chi connectivity index (χ4v) is 3.52. The topological polar surface area (TPSA) is 9.23 Å². The van der Waals surface area contributed by atoms with Gasteiger partial charge in [-0.1, -0.05) is 40.2 Å². The summed E-state index contributed by atoms with van der Waals surface area (Å²) in [6.45, 7) is 2.05. The second kappa shape index (κ2) is 5.49. The Morgan fingerprint density at radius 1 is 1.30 bits per heavy atom. The van der Waals surface area contributed by atoms with Crippen LogP contribution in [-0.2, 0) is 6.42 Å². The number of hydrogen-bond acceptors (Lipinski definition) is 1. The maximum Gasteiger partial charge on any atom is 0.142 e. The Morgan fingerprint density at radius 2 is 2.10 bits per heavy atom. The monoisotopic (exact) mass is 398 g/mol. The molecule has 104 valence electrons. The smallest absolute Gasteiger partial charge is 0.142 e. The van der Waals surface area contributed by atoms with Gasteiger partial charge in [-0.3, -0.25) is 0 Å². The van der Waals surface area contributed by atoms with E-state index in [9.17, 15) is 4.39 Å². The highest BCUT2D eigenvalue weighted by atomic mass is 79.9. The Hall–Kier alpha value is -0.870. The van der Waals surface area contributed by atoms with Gasteiger partial charge in [0.1, 0.15) is 17.7 Å². The SMILES string of the molecule is CC1Cc2cc(C(Br)c3cccc(Br)c3F)ccc2O1. The summed E-state index contributed by atoms with van der Waals surface area (Å²) in [4.78, 5) is -0.166. The second-order valence-corrected chi connectivity index (χ2v) is 6.78. The number of alkyl halides is 1. The van der Waals surface area contributed by atoms with Crippen molar-refractivity contribution in [2.24, 2.45) is 0 Å². The Bertz CT molecular complexity index is 657. The predicted octanol–water partition coefficient (Wildman–Crippen LogP) is 5.40. The lowest BCUT2D eigenvalue weighted by Gasteiger charge is -2.13. The van der Waals surface area contributed by atoms with Crippen molar-refractivity contribution in [1.82, 2.24) is 0 Å². The molecule has 0 N–H and O–H groups in total. The van der Waals surface area contributed by atoms with Gasteiger partial charge in [0.25, 0.3) is 0 Å². The van der Waals surface area contributed by atoms with Gasteiger partial charge >= 0.3 is 0 Å². The maximum atomic E-state index is 14.2. The first-order valence-corrected chi connectivity index (χ1v) is 8.14. The molecule has 0 fully saturated rings. The second-order valence-electron chi connectivity index (χ2n) is 5.01. The van der Waals surface area contributed by atoms with Crippen LogP contribution in [0.1, 0.15) is 28.4 Å². The number of rotatable bonds is 2. The number of ether oxygens (including phenoxy) is 1. The molecule has 20 heavy (non-hydrogen) atoms. The molecule has 0 saturated heterocycles. The Kier molecular flexibility index (Phi) is 3.87. The summed E-state index contributed by atoms with van der Waals surface area (Å²) in [5.74, 6) is 0.718. The Labute approximate surface area is 134 Å². The van der Waals surface area contributed by atoms with E-state index in [0.717, 1.165) is 17.7 Å². The molecule has 1 aliphatic heterocycles. The largest absolute Gasteiger partial charge is 0.490 e. The normalized spacial score (nSPS) is 18.5. The van der Waals surface area contributed by atoms with Crippen molar-refractivity contribution in [1.29, 1.82) is 0 Å². The quantitative estimate of drug-likeness (QED) is 0.614. The van der Waals surface area contributed by atoms with Crippen molar-refractivity contribution in [2.45, 2.75) is 24.3 Å². The van der Waals surface area contributed by atoms with Crippen molar-refractivity contribution < 1.29 is 9.13 Å². The van der Waals surface area contributed by atoms with Crippen LogP contribution in [0.5, 0.6) is 5.75 Å². The summed E-state index contributed by atoms with van der Waals surface area (Å²) in [5.41, 5.74) is 2.86. The van der Waals surface area contributed by atoms with Crippen molar-refractivity contribution in [3.63, 3.8) is 0 Å². The number of benzene rings is 2. The van der Waals surface area contributed by atoms with Crippen LogP contribution in [0.15, 0.2) is 40.9 Å². The standard InChI is InChI=1S/C16H13Br2FO/c1-9-7-11-8-10(5-6-14(11)20-9)15(18)12-3-2-4-13(17)16(12)19/h2-6,8-9,15H,7H2,1H3. The van der Waals surface area contributed by atoms with Crippen LogP contribution in [-0.4, -0.2) is 6.10 Å². The molecule has 0 radical (unpaired) electrons. The van der Waals surface area contributed by atoms with Gasteiger partial charge in [-0.15, -0.1) is 0 Å². The molecule has 1 nitrogen and oxygen atoms in total. The minimum absolute atomic E-state index is 0.166. The molecule has 0 spiro atoms. The zero-order chi connectivity index (χ0) is 14.3. The maximum absolute atomic E-state index is 14.2. The molecule has 0 saturated carbocycles. The lowest BCUT2D eigenvalue weighted by Crippen LogP contribution is -2.05. The molecule has 1 aliphatic rings. The number of hydrogen-bond donors (Lipinski definition) is 0. The van der Waals surface area contributed by atoms with E-state index in [4.69, 9.17) is 4.74 Å². The molecule has 3 rings (SSSR count). The molecule has 2 aromatic carbocycles. The highest BCUT2D eigenvalue weighted by molar-refractivity contribution is 9.10. The fraction of sp³-hybridized carbons (Fsp3) is 0.250. The first-order valence-electron chi connectivity index (χ1n) is 6.43. The van der Waals surface area contributed by atoms with Crippen LogP contribution in [0.25, 0.3) is 0 Å². The minimum atomic E-state index is -0.223. The van der Waals surface area contributed by atoms with Crippen LogP contribution in [0.2, 0.25) is 0 Å². The molecule has 2 aromatic rings. The van der Waals surface area contributed by atoms with E-state index in [1.807, 2.05) is 18.2 Å². The van der Waals surface area contributed by atoms with E-state index in [1.54, 1.807) is 12.1 Å². The molecule has 2 atom stereocenters. The van der Waals surface area contributed by atoms with Gasteiger partial charge in [-0.05, 0) is 46.1 Å². The van der Waals surface area contributed by atoms with Gasteiger partial charge < -0.3 is 4.74 Å². The van der Waals surface area contributed by atoms with E-state index in [0.29, 0.717) is 10.0 Å². The fourth-order valence-electron chi connectivity index (χ4n) is 2.50. The molecule has 4 heteroatoms. The molecule has 2 unspecified atom stereocenters. The van der Waals surface area contributed by atoms with E-state index in [2.05, 4.69) is 44.8 Å². The summed E-state index contributed by atoms with van der Waals surface area (Å²) >= 11 is 6.83. The van der Waals surface area contributed by atoms with Gasteiger partial charge in [-0.2, -0.15) is 0 Å². The lowest BCUT2D eigenvalue weighted by atomic mass is 10.0. The third kappa shape index (κ3) is 2.51. The van der Waals surface area contributed by atoms with Crippen LogP contribution in [0.3, 0.4) is 0 Å².